The van der Waals surface area contributed by atoms with Crippen molar-refractivity contribution in [1.82, 2.24) is 21.7 Å². The molecule has 7 nitrogen and oxygen atoms in total. The highest BCUT2D eigenvalue weighted by molar-refractivity contribution is 5.85. The SMILES string of the molecule is CCOc1ccccc1CCC(=O)NNC(=O)C1CC(c2ccccc2)NN1. The Morgan fingerprint density at radius 1 is 1.04 bits per heavy atom. The summed E-state index contributed by atoms with van der Waals surface area (Å²) in [5, 5.41) is 0. The number of hydrogen-bond donors (Lipinski definition) is 4. The molecule has 0 spiro atoms. The Labute approximate surface area is 164 Å². The zero-order valence-corrected chi connectivity index (χ0v) is 15.9. The van der Waals surface area contributed by atoms with Crippen LogP contribution >= 0.6 is 0 Å². The van der Waals surface area contributed by atoms with E-state index in [1.54, 1.807) is 0 Å². The van der Waals surface area contributed by atoms with Crippen molar-refractivity contribution >= 4 is 11.8 Å². The van der Waals surface area contributed by atoms with E-state index in [4.69, 9.17) is 4.74 Å². The largest absolute Gasteiger partial charge is 0.494 e. The lowest BCUT2D eigenvalue weighted by atomic mass is 10.0. The molecule has 1 saturated heterocycles. The van der Waals surface area contributed by atoms with Crippen LogP contribution in [0.3, 0.4) is 0 Å². The minimum absolute atomic E-state index is 0.0581. The second-order valence-electron chi connectivity index (χ2n) is 6.62. The van der Waals surface area contributed by atoms with Gasteiger partial charge in [0, 0.05) is 12.5 Å². The van der Waals surface area contributed by atoms with Gasteiger partial charge in [-0.15, -0.1) is 0 Å². The molecule has 0 saturated carbocycles. The third-order valence-corrected chi connectivity index (χ3v) is 4.64. The Bertz CT molecular complexity index is 797. The maximum Gasteiger partial charge on any atom is 0.256 e. The lowest BCUT2D eigenvalue weighted by Gasteiger charge is -2.12. The fourth-order valence-electron chi connectivity index (χ4n) is 3.17. The molecule has 0 aliphatic carbocycles. The summed E-state index contributed by atoms with van der Waals surface area (Å²) in [5.41, 5.74) is 13.2. The zero-order chi connectivity index (χ0) is 19.8. The van der Waals surface area contributed by atoms with E-state index in [1.807, 2.05) is 61.5 Å². The molecule has 1 fully saturated rings. The van der Waals surface area contributed by atoms with Gasteiger partial charge in [-0.25, -0.2) is 10.9 Å². The van der Waals surface area contributed by atoms with Crippen LogP contribution in [0.1, 0.15) is 36.9 Å². The van der Waals surface area contributed by atoms with Gasteiger partial charge < -0.3 is 4.74 Å². The first-order chi connectivity index (χ1) is 13.7. The van der Waals surface area contributed by atoms with Crippen molar-refractivity contribution in [1.29, 1.82) is 0 Å². The van der Waals surface area contributed by atoms with Crippen molar-refractivity contribution < 1.29 is 14.3 Å². The van der Waals surface area contributed by atoms with Crippen LogP contribution in [0.25, 0.3) is 0 Å². The minimum Gasteiger partial charge on any atom is -0.494 e. The van der Waals surface area contributed by atoms with E-state index < -0.39 is 6.04 Å². The predicted molar refractivity (Wildman–Crippen MR) is 106 cm³/mol. The Morgan fingerprint density at radius 2 is 1.79 bits per heavy atom. The Hall–Kier alpha value is -2.90. The quantitative estimate of drug-likeness (QED) is 0.548. The number of amides is 2. The highest BCUT2D eigenvalue weighted by Gasteiger charge is 2.30. The number of aryl methyl sites for hydroxylation is 1. The smallest absolute Gasteiger partial charge is 0.256 e. The summed E-state index contributed by atoms with van der Waals surface area (Å²) >= 11 is 0. The highest BCUT2D eigenvalue weighted by atomic mass is 16.5. The Kier molecular flexibility index (Phi) is 7.00. The van der Waals surface area contributed by atoms with E-state index in [0.29, 0.717) is 19.4 Å². The number of nitrogens with one attached hydrogen (secondary N) is 4. The van der Waals surface area contributed by atoms with Gasteiger partial charge in [-0.2, -0.15) is 0 Å². The first-order valence-corrected chi connectivity index (χ1v) is 9.52. The van der Waals surface area contributed by atoms with Crippen molar-refractivity contribution in [2.24, 2.45) is 0 Å². The average molecular weight is 382 g/mol. The molecule has 2 aromatic carbocycles. The number of hydrogen-bond acceptors (Lipinski definition) is 5. The van der Waals surface area contributed by atoms with E-state index in [9.17, 15) is 9.59 Å². The number of rotatable bonds is 7. The number of para-hydroxylation sites is 1. The highest BCUT2D eigenvalue weighted by Crippen LogP contribution is 2.22. The number of carbonyl (C=O) groups excluding carboxylic acids is 2. The molecule has 28 heavy (non-hydrogen) atoms. The van der Waals surface area contributed by atoms with E-state index in [0.717, 1.165) is 16.9 Å². The fraction of sp³-hybridized carbons (Fsp3) is 0.333. The summed E-state index contributed by atoms with van der Waals surface area (Å²) < 4.78 is 5.56. The van der Waals surface area contributed by atoms with Crippen LogP contribution in [0, 0.1) is 0 Å². The number of carbonyl (C=O) groups is 2. The summed E-state index contributed by atoms with van der Waals surface area (Å²) in [4.78, 5) is 24.4. The van der Waals surface area contributed by atoms with Crippen LogP contribution in [0.5, 0.6) is 5.75 Å². The minimum atomic E-state index is -0.413. The molecule has 0 radical (unpaired) electrons. The van der Waals surface area contributed by atoms with Crippen LogP contribution in [0.15, 0.2) is 54.6 Å². The van der Waals surface area contributed by atoms with Crippen molar-refractivity contribution in [3.63, 3.8) is 0 Å². The Balaban J connectivity index is 1.42. The molecule has 2 unspecified atom stereocenters. The van der Waals surface area contributed by atoms with Crippen LogP contribution in [0.4, 0.5) is 0 Å². The molecule has 148 valence electrons. The zero-order valence-electron chi connectivity index (χ0n) is 15.9. The van der Waals surface area contributed by atoms with Gasteiger partial charge in [0.2, 0.25) is 5.91 Å². The number of hydrazine groups is 2. The van der Waals surface area contributed by atoms with Gasteiger partial charge >= 0.3 is 0 Å². The third kappa shape index (κ3) is 5.31. The molecule has 0 aromatic heterocycles. The van der Waals surface area contributed by atoms with E-state index >= 15 is 0 Å². The molecule has 4 N–H and O–H groups in total. The maximum atomic E-state index is 12.3. The van der Waals surface area contributed by atoms with E-state index in [1.165, 1.54) is 0 Å². The summed E-state index contributed by atoms with van der Waals surface area (Å²) in [6, 6.07) is 17.2. The molecular formula is C21H26N4O3. The van der Waals surface area contributed by atoms with Crippen molar-refractivity contribution in [2.75, 3.05) is 6.61 Å². The molecule has 1 heterocycles. The van der Waals surface area contributed by atoms with Gasteiger partial charge in [0.1, 0.15) is 11.8 Å². The van der Waals surface area contributed by atoms with Gasteiger partial charge in [0.15, 0.2) is 0 Å². The van der Waals surface area contributed by atoms with Crippen molar-refractivity contribution in [2.45, 2.75) is 38.3 Å². The molecule has 1 aliphatic heterocycles. The van der Waals surface area contributed by atoms with Crippen molar-refractivity contribution in [3.05, 3.63) is 65.7 Å². The molecule has 7 heteroatoms. The molecule has 2 aromatic rings. The number of benzene rings is 2. The standard InChI is InChI=1S/C21H26N4O3/c1-2-28-19-11-7-6-10-16(19)12-13-20(26)24-25-21(27)18-14-17(22-23-18)15-8-4-3-5-9-15/h3-11,17-18,22-23H,2,12-14H2,1H3,(H,24,26)(H,25,27). The molecule has 2 amide bonds. The van der Waals surface area contributed by atoms with Gasteiger partial charge in [-0.1, -0.05) is 48.5 Å². The van der Waals surface area contributed by atoms with Crippen LogP contribution in [-0.4, -0.2) is 24.5 Å². The third-order valence-electron chi connectivity index (χ3n) is 4.64. The summed E-state index contributed by atoms with van der Waals surface area (Å²) in [6.07, 6.45) is 1.40. The second-order valence-corrected chi connectivity index (χ2v) is 6.62. The molecule has 1 aliphatic rings. The molecular weight excluding hydrogens is 356 g/mol. The fourth-order valence-corrected chi connectivity index (χ4v) is 3.17. The van der Waals surface area contributed by atoms with Crippen LogP contribution < -0.4 is 26.4 Å². The van der Waals surface area contributed by atoms with E-state index in [2.05, 4.69) is 21.7 Å². The van der Waals surface area contributed by atoms with Crippen molar-refractivity contribution in [3.8, 4) is 5.75 Å². The number of ether oxygens (including phenoxy) is 1. The van der Waals surface area contributed by atoms with Crippen LogP contribution in [-0.2, 0) is 16.0 Å². The van der Waals surface area contributed by atoms with Gasteiger partial charge in [0.05, 0.1) is 6.61 Å². The topological polar surface area (TPSA) is 91.5 Å². The Morgan fingerprint density at radius 3 is 2.57 bits per heavy atom. The normalized spacial score (nSPS) is 18.5. The van der Waals surface area contributed by atoms with Gasteiger partial charge in [-0.3, -0.25) is 20.4 Å². The molecule has 2 atom stereocenters. The maximum absolute atomic E-state index is 12.3. The van der Waals surface area contributed by atoms with E-state index in [-0.39, 0.29) is 24.3 Å². The first kappa shape index (κ1) is 19.9. The second kappa shape index (κ2) is 9.87. The lowest BCUT2D eigenvalue weighted by molar-refractivity contribution is -0.129. The van der Waals surface area contributed by atoms with Gasteiger partial charge in [0.25, 0.3) is 5.91 Å². The summed E-state index contributed by atoms with van der Waals surface area (Å²) in [5.74, 6) is 0.272. The van der Waals surface area contributed by atoms with Crippen LogP contribution in [0.2, 0.25) is 0 Å². The summed E-state index contributed by atoms with van der Waals surface area (Å²) in [6.45, 7) is 2.50. The average Bonchev–Trinajstić information content (AvgIpc) is 3.23. The summed E-state index contributed by atoms with van der Waals surface area (Å²) in [7, 11) is 0. The first-order valence-electron chi connectivity index (χ1n) is 9.52. The lowest BCUT2D eigenvalue weighted by Crippen LogP contribution is -2.50. The molecule has 3 rings (SSSR count). The monoisotopic (exact) mass is 382 g/mol. The predicted octanol–water partition coefficient (Wildman–Crippen LogP) is 1.77. The molecule has 0 bridgehead atoms. The van der Waals surface area contributed by atoms with Gasteiger partial charge in [-0.05, 0) is 37.0 Å².